The molecular formula is C23H33N5O. The Balaban J connectivity index is 1.47. The number of amides is 2. The Morgan fingerprint density at radius 3 is 2.17 bits per heavy atom. The monoisotopic (exact) mass is 395 g/mol. The summed E-state index contributed by atoms with van der Waals surface area (Å²) in [6.07, 6.45) is 0. The highest BCUT2D eigenvalue weighted by molar-refractivity contribution is 5.73. The smallest absolute Gasteiger partial charge is 0.315 e. The van der Waals surface area contributed by atoms with Crippen molar-refractivity contribution in [3.05, 3.63) is 65.2 Å². The number of carbonyl (C=O) groups excluding carboxylic acids is 1. The zero-order valence-corrected chi connectivity index (χ0v) is 17.8. The van der Waals surface area contributed by atoms with Gasteiger partial charge in [0.2, 0.25) is 0 Å². The van der Waals surface area contributed by atoms with E-state index in [9.17, 15) is 4.79 Å². The fraction of sp³-hybridized carbons (Fsp3) is 0.435. The minimum atomic E-state index is -0.143. The van der Waals surface area contributed by atoms with Crippen LogP contribution in [0.25, 0.3) is 0 Å². The maximum Gasteiger partial charge on any atom is 0.315 e. The quantitative estimate of drug-likeness (QED) is 0.756. The molecule has 1 saturated heterocycles. The number of hydrogen-bond acceptors (Lipinski definition) is 4. The van der Waals surface area contributed by atoms with Gasteiger partial charge in [0.1, 0.15) is 0 Å². The molecule has 1 aliphatic heterocycles. The summed E-state index contributed by atoms with van der Waals surface area (Å²) in [5, 5.41) is 5.94. The number of urea groups is 1. The van der Waals surface area contributed by atoms with Gasteiger partial charge in [-0.1, -0.05) is 36.4 Å². The topological polar surface area (TPSA) is 50.9 Å². The third-order valence-electron chi connectivity index (χ3n) is 5.45. The summed E-state index contributed by atoms with van der Waals surface area (Å²) in [5.74, 6) is 0. The molecule has 0 atom stereocenters. The zero-order valence-electron chi connectivity index (χ0n) is 17.8. The van der Waals surface area contributed by atoms with Gasteiger partial charge in [0.25, 0.3) is 0 Å². The summed E-state index contributed by atoms with van der Waals surface area (Å²) >= 11 is 0. The van der Waals surface area contributed by atoms with Crippen molar-refractivity contribution < 1.29 is 4.79 Å². The van der Waals surface area contributed by atoms with Crippen molar-refractivity contribution in [1.29, 1.82) is 0 Å². The van der Waals surface area contributed by atoms with Crippen LogP contribution in [0, 0.1) is 0 Å². The minimum Gasteiger partial charge on any atom is -0.378 e. The van der Waals surface area contributed by atoms with E-state index in [1.807, 2.05) is 32.3 Å². The molecule has 29 heavy (non-hydrogen) atoms. The fourth-order valence-corrected chi connectivity index (χ4v) is 3.46. The van der Waals surface area contributed by atoms with Crippen molar-refractivity contribution in [2.24, 2.45) is 0 Å². The minimum absolute atomic E-state index is 0.143. The van der Waals surface area contributed by atoms with Crippen molar-refractivity contribution in [3.63, 3.8) is 0 Å². The molecule has 156 valence electrons. The van der Waals surface area contributed by atoms with Crippen LogP contribution < -0.4 is 15.5 Å². The van der Waals surface area contributed by atoms with Gasteiger partial charge in [0, 0.05) is 65.6 Å². The van der Waals surface area contributed by atoms with E-state index in [-0.39, 0.29) is 6.03 Å². The average Bonchev–Trinajstić information content (AvgIpc) is 2.73. The lowest BCUT2D eigenvalue weighted by molar-refractivity contribution is 0.148. The van der Waals surface area contributed by atoms with Gasteiger partial charge >= 0.3 is 6.03 Å². The van der Waals surface area contributed by atoms with E-state index < -0.39 is 0 Å². The molecule has 0 saturated carbocycles. The number of likely N-dealkylation sites (N-methyl/N-ethyl adjacent to an activating group) is 1. The first kappa shape index (κ1) is 21.1. The molecule has 0 unspecified atom stereocenters. The van der Waals surface area contributed by atoms with Crippen LogP contribution in [0.5, 0.6) is 0 Å². The second kappa shape index (κ2) is 10.3. The van der Waals surface area contributed by atoms with Crippen LogP contribution in [-0.2, 0) is 19.6 Å². The number of benzene rings is 2. The number of anilines is 1. The van der Waals surface area contributed by atoms with Crippen LogP contribution in [0.3, 0.4) is 0 Å². The van der Waals surface area contributed by atoms with E-state index in [1.54, 1.807) is 0 Å². The molecule has 2 aromatic rings. The Hall–Kier alpha value is -2.57. The Morgan fingerprint density at radius 1 is 0.897 bits per heavy atom. The van der Waals surface area contributed by atoms with Crippen LogP contribution in [0.1, 0.15) is 16.7 Å². The molecule has 6 heteroatoms. The van der Waals surface area contributed by atoms with Gasteiger partial charge in [-0.2, -0.15) is 0 Å². The fourth-order valence-electron chi connectivity index (χ4n) is 3.46. The Labute approximate surface area is 174 Å². The van der Waals surface area contributed by atoms with Gasteiger partial charge < -0.3 is 20.4 Å². The molecule has 2 N–H and O–H groups in total. The molecule has 1 aliphatic rings. The first-order chi connectivity index (χ1) is 14.0. The van der Waals surface area contributed by atoms with Gasteiger partial charge in [0.15, 0.2) is 0 Å². The summed E-state index contributed by atoms with van der Waals surface area (Å²) in [5.41, 5.74) is 4.70. The first-order valence-corrected chi connectivity index (χ1v) is 10.3. The van der Waals surface area contributed by atoms with E-state index in [0.29, 0.717) is 13.1 Å². The summed E-state index contributed by atoms with van der Waals surface area (Å²) in [7, 11) is 6.20. The maximum absolute atomic E-state index is 12.3. The second-order valence-corrected chi connectivity index (χ2v) is 7.95. The average molecular weight is 396 g/mol. The molecule has 0 aliphatic carbocycles. The Bertz CT molecular complexity index is 782. The predicted octanol–water partition coefficient (Wildman–Crippen LogP) is 2.50. The SMILES string of the molecule is CN1CCN(Cc2ccccc2CNC(=O)NCc2ccc(N(C)C)cc2)CC1. The molecule has 1 heterocycles. The van der Waals surface area contributed by atoms with Crippen LogP contribution >= 0.6 is 0 Å². The third kappa shape index (κ3) is 6.48. The predicted molar refractivity (Wildman–Crippen MR) is 119 cm³/mol. The van der Waals surface area contributed by atoms with E-state index >= 15 is 0 Å². The summed E-state index contributed by atoms with van der Waals surface area (Å²) in [6.45, 7) is 6.39. The summed E-state index contributed by atoms with van der Waals surface area (Å²) in [6, 6.07) is 16.4. The number of rotatable bonds is 7. The maximum atomic E-state index is 12.3. The first-order valence-electron chi connectivity index (χ1n) is 10.3. The molecule has 6 nitrogen and oxygen atoms in total. The lowest BCUT2D eigenvalue weighted by Gasteiger charge is -2.32. The van der Waals surface area contributed by atoms with Crippen molar-refractivity contribution >= 4 is 11.7 Å². The zero-order chi connectivity index (χ0) is 20.6. The van der Waals surface area contributed by atoms with Crippen molar-refractivity contribution in [3.8, 4) is 0 Å². The van der Waals surface area contributed by atoms with Gasteiger partial charge in [-0.05, 0) is 35.9 Å². The number of nitrogens with one attached hydrogen (secondary N) is 2. The van der Waals surface area contributed by atoms with E-state index in [0.717, 1.165) is 44.0 Å². The highest BCUT2D eigenvalue weighted by atomic mass is 16.2. The molecule has 1 fully saturated rings. The van der Waals surface area contributed by atoms with Crippen molar-refractivity contribution in [2.45, 2.75) is 19.6 Å². The van der Waals surface area contributed by atoms with Crippen molar-refractivity contribution in [2.75, 3.05) is 52.2 Å². The number of hydrogen-bond donors (Lipinski definition) is 2. The van der Waals surface area contributed by atoms with Gasteiger partial charge in [0.05, 0.1) is 0 Å². The molecule has 2 aromatic carbocycles. The third-order valence-corrected chi connectivity index (χ3v) is 5.45. The largest absolute Gasteiger partial charge is 0.378 e. The van der Waals surface area contributed by atoms with Gasteiger partial charge in [-0.15, -0.1) is 0 Å². The molecule has 0 aromatic heterocycles. The Kier molecular flexibility index (Phi) is 7.49. The molecule has 2 amide bonds. The normalized spacial score (nSPS) is 15.1. The van der Waals surface area contributed by atoms with Gasteiger partial charge in [-0.25, -0.2) is 4.79 Å². The number of nitrogens with zero attached hydrogens (tertiary/aromatic N) is 3. The number of piperazine rings is 1. The Morgan fingerprint density at radius 2 is 1.52 bits per heavy atom. The van der Waals surface area contributed by atoms with E-state index in [1.165, 1.54) is 11.1 Å². The van der Waals surface area contributed by atoms with Crippen LogP contribution in [0.4, 0.5) is 10.5 Å². The molecule has 0 spiro atoms. The summed E-state index contributed by atoms with van der Waals surface area (Å²) < 4.78 is 0. The highest BCUT2D eigenvalue weighted by Gasteiger charge is 2.15. The standard InChI is InChI=1S/C23H33N5O/c1-26(2)22-10-8-19(9-11-22)16-24-23(29)25-17-20-6-4-5-7-21(20)18-28-14-12-27(3)13-15-28/h4-11H,12-18H2,1-3H3,(H2,24,25,29). The van der Waals surface area contributed by atoms with Crippen LogP contribution in [0.2, 0.25) is 0 Å². The second-order valence-electron chi connectivity index (χ2n) is 7.95. The number of carbonyl (C=O) groups is 1. The van der Waals surface area contributed by atoms with Crippen LogP contribution in [-0.4, -0.2) is 63.2 Å². The lowest BCUT2D eigenvalue weighted by Crippen LogP contribution is -2.44. The summed E-state index contributed by atoms with van der Waals surface area (Å²) in [4.78, 5) is 19.2. The lowest BCUT2D eigenvalue weighted by atomic mass is 10.1. The molecule has 0 radical (unpaired) electrons. The molecule has 0 bridgehead atoms. The molecule has 3 rings (SSSR count). The highest BCUT2D eigenvalue weighted by Crippen LogP contribution is 2.14. The van der Waals surface area contributed by atoms with E-state index in [4.69, 9.17) is 0 Å². The van der Waals surface area contributed by atoms with Crippen LogP contribution in [0.15, 0.2) is 48.5 Å². The van der Waals surface area contributed by atoms with E-state index in [2.05, 4.69) is 62.7 Å². The van der Waals surface area contributed by atoms with Gasteiger partial charge in [-0.3, -0.25) is 4.90 Å². The van der Waals surface area contributed by atoms with Crippen molar-refractivity contribution in [1.82, 2.24) is 20.4 Å². The molecular weight excluding hydrogens is 362 g/mol.